The zero-order chi connectivity index (χ0) is 10.7. The lowest BCUT2D eigenvalue weighted by Gasteiger charge is -2.21. The number of allylic oxidation sites excluding steroid dienone is 3. The minimum absolute atomic E-state index is 0.498. The monoisotopic (exact) mass is 199 g/mol. The highest BCUT2D eigenvalue weighted by Gasteiger charge is 2.15. The van der Waals surface area contributed by atoms with Crippen LogP contribution >= 0.6 is 0 Å². The molecular weight excluding hydrogens is 182 g/mol. The third kappa shape index (κ3) is 2.18. The van der Waals surface area contributed by atoms with Crippen LogP contribution in [-0.4, -0.2) is 6.54 Å². The van der Waals surface area contributed by atoms with Gasteiger partial charge in [0, 0.05) is 0 Å². The van der Waals surface area contributed by atoms with E-state index in [1.165, 1.54) is 11.1 Å². The van der Waals surface area contributed by atoms with Crippen LogP contribution < -0.4 is 5.73 Å². The van der Waals surface area contributed by atoms with E-state index in [4.69, 9.17) is 5.73 Å². The fourth-order valence-electron chi connectivity index (χ4n) is 1.98. The second-order valence-electron chi connectivity index (χ2n) is 4.11. The first-order valence-electron chi connectivity index (χ1n) is 5.47. The summed E-state index contributed by atoms with van der Waals surface area (Å²) >= 11 is 0. The van der Waals surface area contributed by atoms with E-state index in [1.807, 2.05) is 6.07 Å². The molecule has 2 atom stereocenters. The Kier molecular flexibility index (Phi) is 3.02. The number of hydrogen-bond acceptors (Lipinski definition) is 1. The maximum Gasteiger partial charge on any atom is -0.000849 e. The fraction of sp³-hybridized carbons (Fsp3) is 0.286. The van der Waals surface area contributed by atoms with Gasteiger partial charge in [-0.25, -0.2) is 0 Å². The Hall–Kier alpha value is -1.34. The predicted molar refractivity (Wildman–Crippen MR) is 65.3 cm³/mol. The number of rotatable bonds is 2. The average molecular weight is 199 g/mol. The molecule has 1 aliphatic carbocycles. The highest BCUT2D eigenvalue weighted by atomic mass is 14.5. The van der Waals surface area contributed by atoms with E-state index in [0.717, 1.165) is 6.54 Å². The van der Waals surface area contributed by atoms with Crippen LogP contribution in [0.3, 0.4) is 0 Å². The van der Waals surface area contributed by atoms with Crippen LogP contribution in [0.15, 0.2) is 48.6 Å². The molecule has 2 rings (SSSR count). The van der Waals surface area contributed by atoms with Gasteiger partial charge in [-0.15, -0.1) is 0 Å². The van der Waals surface area contributed by atoms with Crippen LogP contribution in [-0.2, 0) is 0 Å². The number of benzene rings is 1. The summed E-state index contributed by atoms with van der Waals surface area (Å²) in [7, 11) is 0. The zero-order valence-electron chi connectivity index (χ0n) is 9.06. The summed E-state index contributed by atoms with van der Waals surface area (Å²) in [6.07, 6.45) is 6.73. The third-order valence-electron chi connectivity index (χ3n) is 3.02. The first-order chi connectivity index (χ1) is 7.31. The van der Waals surface area contributed by atoms with Crippen molar-refractivity contribution in [3.8, 4) is 0 Å². The summed E-state index contributed by atoms with van der Waals surface area (Å²) < 4.78 is 0. The summed E-state index contributed by atoms with van der Waals surface area (Å²) in [5, 5.41) is 0. The Morgan fingerprint density at radius 1 is 1.20 bits per heavy atom. The summed E-state index contributed by atoms with van der Waals surface area (Å²) in [6.45, 7) is 2.96. The van der Waals surface area contributed by atoms with Crippen molar-refractivity contribution >= 4 is 5.57 Å². The van der Waals surface area contributed by atoms with Gasteiger partial charge in [0.15, 0.2) is 0 Å². The van der Waals surface area contributed by atoms with E-state index in [9.17, 15) is 0 Å². The predicted octanol–water partition coefficient (Wildman–Crippen LogP) is 2.85. The Labute approximate surface area is 91.3 Å². The molecule has 78 valence electrons. The first-order valence-corrected chi connectivity index (χ1v) is 5.47. The van der Waals surface area contributed by atoms with Crippen molar-refractivity contribution in [2.45, 2.75) is 6.92 Å². The molecule has 0 radical (unpaired) electrons. The molecule has 0 aromatic heterocycles. The second-order valence-corrected chi connectivity index (χ2v) is 4.11. The van der Waals surface area contributed by atoms with Crippen molar-refractivity contribution < 1.29 is 0 Å². The molecule has 1 heteroatoms. The molecule has 2 N–H and O–H groups in total. The molecule has 0 aliphatic heterocycles. The van der Waals surface area contributed by atoms with Gasteiger partial charge >= 0.3 is 0 Å². The normalized spacial score (nSPS) is 25.1. The smallest absolute Gasteiger partial charge is 0.000849 e. The van der Waals surface area contributed by atoms with E-state index in [2.05, 4.69) is 49.4 Å². The standard InChI is InChI=1S/C14H17N/c1-11-9-13(7-8-14(11)10-15)12-5-3-2-4-6-12/h2-9,11,14H,10,15H2,1H3. The molecule has 2 unspecified atom stereocenters. The maximum atomic E-state index is 5.70. The topological polar surface area (TPSA) is 26.0 Å². The van der Waals surface area contributed by atoms with Crippen LogP contribution in [0.4, 0.5) is 0 Å². The highest BCUT2D eigenvalue weighted by Crippen LogP contribution is 2.27. The van der Waals surface area contributed by atoms with Crippen molar-refractivity contribution in [1.82, 2.24) is 0 Å². The first kappa shape index (κ1) is 10.2. The summed E-state index contributed by atoms with van der Waals surface area (Å²) in [4.78, 5) is 0. The molecular formula is C14H17N. The molecule has 0 heterocycles. The van der Waals surface area contributed by atoms with Gasteiger partial charge in [0.2, 0.25) is 0 Å². The lowest BCUT2D eigenvalue weighted by atomic mass is 9.85. The quantitative estimate of drug-likeness (QED) is 0.778. The molecule has 0 fully saturated rings. The lowest BCUT2D eigenvalue weighted by Crippen LogP contribution is -2.20. The molecule has 0 spiro atoms. The Morgan fingerprint density at radius 2 is 1.93 bits per heavy atom. The van der Waals surface area contributed by atoms with Gasteiger partial charge in [-0.2, -0.15) is 0 Å². The molecule has 1 aromatic carbocycles. The molecule has 1 nitrogen and oxygen atoms in total. The van der Waals surface area contributed by atoms with Crippen LogP contribution in [0.2, 0.25) is 0 Å². The van der Waals surface area contributed by atoms with E-state index in [-0.39, 0.29) is 0 Å². The summed E-state index contributed by atoms with van der Waals surface area (Å²) in [5.74, 6) is 1.03. The Balaban J connectivity index is 2.24. The second kappa shape index (κ2) is 4.45. The van der Waals surface area contributed by atoms with E-state index >= 15 is 0 Å². The van der Waals surface area contributed by atoms with E-state index in [1.54, 1.807) is 0 Å². The molecule has 0 saturated carbocycles. The maximum absolute atomic E-state index is 5.70. The molecule has 0 amide bonds. The average Bonchev–Trinajstić information content (AvgIpc) is 2.30. The van der Waals surface area contributed by atoms with Crippen molar-refractivity contribution in [2.24, 2.45) is 17.6 Å². The number of nitrogens with two attached hydrogens (primary N) is 1. The summed E-state index contributed by atoms with van der Waals surface area (Å²) in [5.41, 5.74) is 8.30. The van der Waals surface area contributed by atoms with Crippen molar-refractivity contribution in [3.05, 3.63) is 54.1 Å². The third-order valence-corrected chi connectivity index (χ3v) is 3.02. The summed E-state index contributed by atoms with van der Waals surface area (Å²) in [6, 6.07) is 10.5. The van der Waals surface area contributed by atoms with Crippen molar-refractivity contribution in [3.63, 3.8) is 0 Å². The van der Waals surface area contributed by atoms with Crippen molar-refractivity contribution in [1.29, 1.82) is 0 Å². The number of hydrogen-bond donors (Lipinski definition) is 1. The highest BCUT2D eigenvalue weighted by molar-refractivity contribution is 5.75. The van der Waals surface area contributed by atoms with Gasteiger partial charge < -0.3 is 5.73 Å². The molecule has 1 aromatic rings. The molecule has 0 bridgehead atoms. The van der Waals surface area contributed by atoms with Crippen LogP contribution in [0, 0.1) is 11.8 Å². The molecule has 15 heavy (non-hydrogen) atoms. The van der Waals surface area contributed by atoms with Gasteiger partial charge in [0.25, 0.3) is 0 Å². The van der Waals surface area contributed by atoms with E-state index < -0.39 is 0 Å². The Morgan fingerprint density at radius 3 is 2.53 bits per heavy atom. The molecule has 0 saturated heterocycles. The van der Waals surface area contributed by atoms with Gasteiger partial charge in [-0.3, -0.25) is 0 Å². The minimum Gasteiger partial charge on any atom is -0.330 e. The minimum atomic E-state index is 0.498. The molecule has 1 aliphatic rings. The van der Waals surface area contributed by atoms with Crippen LogP contribution in [0.5, 0.6) is 0 Å². The van der Waals surface area contributed by atoms with Crippen molar-refractivity contribution in [2.75, 3.05) is 6.54 Å². The van der Waals surface area contributed by atoms with Gasteiger partial charge in [0.05, 0.1) is 0 Å². The SMILES string of the molecule is CC1C=C(c2ccccc2)C=CC1CN. The zero-order valence-corrected chi connectivity index (χ0v) is 9.06. The van der Waals surface area contributed by atoms with Crippen LogP contribution in [0.1, 0.15) is 12.5 Å². The fourth-order valence-corrected chi connectivity index (χ4v) is 1.98. The van der Waals surface area contributed by atoms with Gasteiger partial charge in [0.1, 0.15) is 0 Å². The van der Waals surface area contributed by atoms with E-state index in [0.29, 0.717) is 11.8 Å². The van der Waals surface area contributed by atoms with Gasteiger partial charge in [-0.05, 0) is 29.5 Å². The largest absolute Gasteiger partial charge is 0.330 e. The van der Waals surface area contributed by atoms with Gasteiger partial charge in [-0.1, -0.05) is 55.5 Å². The lowest BCUT2D eigenvalue weighted by molar-refractivity contribution is 0.519. The van der Waals surface area contributed by atoms with Crippen LogP contribution in [0.25, 0.3) is 5.57 Å². The Bertz CT molecular complexity index is 376.